The summed E-state index contributed by atoms with van der Waals surface area (Å²) >= 11 is 0. The van der Waals surface area contributed by atoms with Gasteiger partial charge < -0.3 is 15.2 Å². The zero-order valence-corrected chi connectivity index (χ0v) is 10.2. The third-order valence-electron chi connectivity index (χ3n) is 3.90. The number of hydrogen-bond donors (Lipinski definition) is 2. The molecule has 4 nitrogen and oxygen atoms in total. The lowest BCUT2D eigenvalue weighted by Gasteiger charge is -2.37. The SMILES string of the molecule is CNCc1cc2n(c(=O)c1)CC1CNC[C@@H]2C1. The summed E-state index contributed by atoms with van der Waals surface area (Å²) in [7, 11) is 1.91. The number of nitrogens with zero attached hydrogens (tertiary/aromatic N) is 1. The Morgan fingerprint density at radius 1 is 1.47 bits per heavy atom. The highest BCUT2D eigenvalue weighted by Crippen LogP contribution is 2.31. The van der Waals surface area contributed by atoms with Crippen molar-refractivity contribution in [2.45, 2.75) is 25.4 Å². The molecule has 0 amide bonds. The van der Waals surface area contributed by atoms with Crippen LogP contribution in [0.15, 0.2) is 16.9 Å². The molecule has 2 bridgehead atoms. The zero-order valence-electron chi connectivity index (χ0n) is 10.2. The third-order valence-corrected chi connectivity index (χ3v) is 3.90. The molecule has 2 aliphatic heterocycles. The molecule has 1 unspecified atom stereocenters. The van der Waals surface area contributed by atoms with Crippen LogP contribution in [0.25, 0.3) is 0 Å². The molecule has 0 aliphatic carbocycles. The number of hydrogen-bond acceptors (Lipinski definition) is 3. The topological polar surface area (TPSA) is 46.1 Å². The molecule has 0 radical (unpaired) electrons. The summed E-state index contributed by atoms with van der Waals surface area (Å²) in [5.41, 5.74) is 2.50. The van der Waals surface area contributed by atoms with Gasteiger partial charge in [0.25, 0.3) is 5.56 Å². The van der Waals surface area contributed by atoms with Crippen molar-refractivity contribution in [2.24, 2.45) is 5.92 Å². The van der Waals surface area contributed by atoms with Crippen LogP contribution in [0, 0.1) is 5.92 Å². The van der Waals surface area contributed by atoms with Crippen molar-refractivity contribution in [1.29, 1.82) is 0 Å². The second kappa shape index (κ2) is 4.27. The van der Waals surface area contributed by atoms with Crippen LogP contribution in [-0.2, 0) is 13.1 Å². The molecule has 3 rings (SSSR count). The third kappa shape index (κ3) is 1.91. The number of rotatable bonds is 2. The summed E-state index contributed by atoms with van der Waals surface area (Å²) in [6, 6.07) is 3.97. The average molecular weight is 233 g/mol. The van der Waals surface area contributed by atoms with Gasteiger partial charge in [-0.15, -0.1) is 0 Å². The highest BCUT2D eigenvalue weighted by atomic mass is 16.1. The molecule has 0 spiro atoms. The summed E-state index contributed by atoms with van der Waals surface area (Å²) in [6.45, 7) is 3.73. The van der Waals surface area contributed by atoms with Crippen LogP contribution in [0.4, 0.5) is 0 Å². The Balaban J connectivity index is 2.05. The second-order valence-corrected chi connectivity index (χ2v) is 5.22. The average Bonchev–Trinajstić information content (AvgIpc) is 2.32. The van der Waals surface area contributed by atoms with Crippen molar-refractivity contribution in [2.75, 3.05) is 20.1 Å². The standard InChI is InChI=1S/C13H19N3O/c1-14-5-9-3-12-11-2-10(6-15-7-11)8-16(12)13(17)4-9/h3-4,10-11,14-15H,2,5-8H2,1H3/t10?,11-/m0/s1. The number of fused-ring (bicyclic) bond motifs is 4. The van der Waals surface area contributed by atoms with Gasteiger partial charge in [-0.1, -0.05) is 0 Å². The van der Waals surface area contributed by atoms with Gasteiger partial charge in [0.1, 0.15) is 0 Å². The van der Waals surface area contributed by atoms with Crippen molar-refractivity contribution in [3.8, 4) is 0 Å². The molecule has 4 heteroatoms. The molecule has 0 saturated carbocycles. The van der Waals surface area contributed by atoms with Gasteiger partial charge in [0, 0.05) is 37.3 Å². The van der Waals surface area contributed by atoms with E-state index in [4.69, 9.17) is 0 Å². The molecule has 1 aromatic heterocycles. The number of nitrogens with one attached hydrogen (secondary N) is 2. The van der Waals surface area contributed by atoms with Crippen LogP contribution in [0.3, 0.4) is 0 Å². The van der Waals surface area contributed by atoms with E-state index >= 15 is 0 Å². The molecular weight excluding hydrogens is 214 g/mol. The van der Waals surface area contributed by atoms with Gasteiger partial charge in [-0.3, -0.25) is 4.79 Å². The maximum atomic E-state index is 12.1. The van der Waals surface area contributed by atoms with Crippen molar-refractivity contribution < 1.29 is 0 Å². The van der Waals surface area contributed by atoms with Crippen molar-refractivity contribution >= 4 is 0 Å². The van der Waals surface area contributed by atoms with E-state index < -0.39 is 0 Å². The first kappa shape index (κ1) is 11.0. The Hall–Kier alpha value is -1.13. The summed E-state index contributed by atoms with van der Waals surface area (Å²) < 4.78 is 1.98. The van der Waals surface area contributed by atoms with E-state index in [0.717, 1.165) is 31.7 Å². The second-order valence-electron chi connectivity index (χ2n) is 5.22. The van der Waals surface area contributed by atoms with Gasteiger partial charge in [0.2, 0.25) is 0 Å². The molecule has 2 atom stereocenters. The number of pyridine rings is 1. The first-order valence-corrected chi connectivity index (χ1v) is 6.37. The quantitative estimate of drug-likeness (QED) is 0.771. The minimum Gasteiger partial charge on any atom is -0.316 e. The van der Waals surface area contributed by atoms with Crippen molar-refractivity contribution in [3.05, 3.63) is 33.7 Å². The van der Waals surface area contributed by atoms with E-state index in [1.54, 1.807) is 6.07 Å². The lowest BCUT2D eigenvalue weighted by molar-refractivity contribution is 0.257. The Bertz CT molecular complexity index is 480. The summed E-state index contributed by atoms with van der Waals surface area (Å²) in [5.74, 6) is 1.15. The largest absolute Gasteiger partial charge is 0.316 e. The zero-order chi connectivity index (χ0) is 11.8. The Morgan fingerprint density at radius 3 is 3.18 bits per heavy atom. The van der Waals surface area contributed by atoms with Gasteiger partial charge >= 0.3 is 0 Å². The number of aromatic nitrogens is 1. The molecule has 2 aliphatic rings. The predicted molar refractivity (Wildman–Crippen MR) is 67.2 cm³/mol. The van der Waals surface area contributed by atoms with Gasteiger partial charge in [-0.05, 0) is 37.6 Å². The van der Waals surface area contributed by atoms with Crippen LogP contribution in [0.2, 0.25) is 0 Å². The lowest BCUT2D eigenvalue weighted by atomic mass is 9.84. The molecule has 17 heavy (non-hydrogen) atoms. The fourth-order valence-electron chi connectivity index (χ4n) is 3.17. The maximum Gasteiger partial charge on any atom is 0.251 e. The molecular formula is C13H19N3O. The van der Waals surface area contributed by atoms with Crippen LogP contribution in [-0.4, -0.2) is 24.7 Å². The fraction of sp³-hybridized carbons (Fsp3) is 0.615. The highest BCUT2D eigenvalue weighted by molar-refractivity contribution is 5.23. The summed E-state index contributed by atoms with van der Waals surface area (Å²) in [5, 5.41) is 6.58. The minimum atomic E-state index is 0.171. The molecule has 2 N–H and O–H groups in total. The molecule has 1 fully saturated rings. The monoisotopic (exact) mass is 233 g/mol. The van der Waals surface area contributed by atoms with Crippen LogP contribution in [0.1, 0.15) is 23.6 Å². The van der Waals surface area contributed by atoms with Crippen molar-refractivity contribution in [3.63, 3.8) is 0 Å². The summed E-state index contributed by atoms with van der Waals surface area (Å²) in [4.78, 5) is 12.1. The van der Waals surface area contributed by atoms with E-state index in [2.05, 4.69) is 16.7 Å². The number of piperidine rings is 1. The fourth-order valence-corrected chi connectivity index (χ4v) is 3.17. The van der Waals surface area contributed by atoms with Gasteiger partial charge in [0.05, 0.1) is 0 Å². The summed E-state index contributed by atoms with van der Waals surface area (Å²) in [6.07, 6.45) is 1.23. The molecule has 3 heterocycles. The predicted octanol–water partition coefficient (Wildman–Crippen LogP) is 0.274. The normalized spacial score (nSPS) is 26.6. The van der Waals surface area contributed by atoms with Gasteiger partial charge in [-0.25, -0.2) is 0 Å². The Morgan fingerprint density at radius 2 is 2.35 bits per heavy atom. The first-order valence-electron chi connectivity index (χ1n) is 6.37. The minimum absolute atomic E-state index is 0.171. The molecule has 1 saturated heterocycles. The lowest BCUT2D eigenvalue weighted by Crippen LogP contribution is -2.45. The van der Waals surface area contributed by atoms with E-state index in [1.165, 1.54) is 12.1 Å². The van der Waals surface area contributed by atoms with Crippen LogP contribution >= 0.6 is 0 Å². The van der Waals surface area contributed by atoms with E-state index in [-0.39, 0.29) is 5.56 Å². The first-order chi connectivity index (χ1) is 8.28. The maximum absolute atomic E-state index is 12.1. The van der Waals surface area contributed by atoms with E-state index in [0.29, 0.717) is 11.8 Å². The van der Waals surface area contributed by atoms with Crippen LogP contribution < -0.4 is 16.2 Å². The molecule has 92 valence electrons. The van der Waals surface area contributed by atoms with E-state index in [1.807, 2.05) is 11.6 Å². The van der Waals surface area contributed by atoms with Gasteiger partial charge in [-0.2, -0.15) is 0 Å². The van der Waals surface area contributed by atoms with Crippen molar-refractivity contribution in [1.82, 2.24) is 15.2 Å². The Kier molecular flexibility index (Phi) is 2.76. The Labute approximate surface area is 101 Å². The highest BCUT2D eigenvalue weighted by Gasteiger charge is 2.30. The van der Waals surface area contributed by atoms with Gasteiger partial charge in [0.15, 0.2) is 0 Å². The van der Waals surface area contributed by atoms with Crippen LogP contribution in [0.5, 0.6) is 0 Å². The smallest absolute Gasteiger partial charge is 0.251 e. The van der Waals surface area contributed by atoms with E-state index in [9.17, 15) is 4.79 Å². The molecule has 1 aromatic rings. The molecule has 0 aromatic carbocycles.